The topological polar surface area (TPSA) is 52.0 Å². The van der Waals surface area contributed by atoms with Gasteiger partial charge in [-0.2, -0.15) is 0 Å². The molecule has 2 heterocycles. The molecule has 0 amide bonds. The zero-order chi connectivity index (χ0) is 15.8. The second-order valence-corrected chi connectivity index (χ2v) is 7.40. The van der Waals surface area contributed by atoms with Crippen molar-refractivity contribution in [3.8, 4) is 0 Å². The molecular weight excluding hydrogens is 328 g/mol. The van der Waals surface area contributed by atoms with E-state index in [4.69, 9.17) is 0 Å². The van der Waals surface area contributed by atoms with Gasteiger partial charge in [0.05, 0.1) is 21.5 Å². The smallest absolute Gasteiger partial charge is 0.262 e. The number of thioether (sulfide) groups is 1. The van der Waals surface area contributed by atoms with Crippen LogP contribution in [-0.4, -0.2) is 21.1 Å². The van der Waals surface area contributed by atoms with Crippen molar-refractivity contribution in [2.24, 2.45) is 0 Å². The zero-order valence-corrected chi connectivity index (χ0v) is 13.9. The van der Waals surface area contributed by atoms with Crippen LogP contribution in [-0.2, 0) is 0 Å². The molecule has 1 saturated carbocycles. The van der Waals surface area contributed by atoms with Crippen molar-refractivity contribution < 1.29 is 4.79 Å². The van der Waals surface area contributed by atoms with Gasteiger partial charge in [-0.15, -0.1) is 11.3 Å². The second kappa shape index (κ2) is 5.94. The lowest BCUT2D eigenvalue weighted by atomic mass is 10.2. The summed E-state index contributed by atoms with van der Waals surface area (Å²) in [5.74, 6) is 0.382. The Balaban J connectivity index is 1.69. The molecule has 23 heavy (non-hydrogen) atoms. The van der Waals surface area contributed by atoms with Crippen LogP contribution in [0, 0.1) is 0 Å². The van der Waals surface area contributed by atoms with Crippen molar-refractivity contribution in [2.45, 2.75) is 24.0 Å². The Kier molecular flexibility index (Phi) is 3.79. The van der Waals surface area contributed by atoms with Gasteiger partial charge >= 0.3 is 0 Å². The highest BCUT2D eigenvalue weighted by molar-refractivity contribution is 7.99. The van der Waals surface area contributed by atoms with E-state index < -0.39 is 0 Å². The van der Waals surface area contributed by atoms with E-state index in [9.17, 15) is 9.59 Å². The van der Waals surface area contributed by atoms with Crippen LogP contribution in [0.4, 0.5) is 0 Å². The number of benzene rings is 1. The van der Waals surface area contributed by atoms with E-state index in [0.717, 1.165) is 17.7 Å². The number of carbonyl (C=O) groups is 1. The minimum atomic E-state index is 0.00386. The van der Waals surface area contributed by atoms with Crippen LogP contribution in [0.15, 0.2) is 51.7 Å². The fraction of sp³-hybridized carbons (Fsp3) is 0.235. The first kappa shape index (κ1) is 14.7. The number of carbonyl (C=O) groups excluding carboxylic acids is 1. The molecule has 116 valence electrons. The van der Waals surface area contributed by atoms with Gasteiger partial charge in [0.2, 0.25) is 0 Å². The largest absolute Gasteiger partial charge is 0.292 e. The molecule has 0 radical (unpaired) electrons. The number of thiophene rings is 1. The number of hydrogen-bond donors (Lipinski definition) is 0. The second-order valence-electron chi connectivity index (χ2n) is 5.51. The molecule has 4 rings (SSSR count). The van der Waals surface area contributed by atoms with E-state index in [0.29, 0.717) is 21.8 Å². The number of fused-ring (bicyclic) bond motifs is 1. The summed E-state index contributed by atoms with van der Waals surface area (Å²) in [7, 11) is 0. The highest BCUT2D eigenvalue weighted by Gasteiger charge is 2.28. The number of aromatic nitrogens is 2. The lowest BCUT2D eigenvalue weighted by Gasteiger charge is -2.11. The maximum absolute atomic E-state index is 12.7. The molecule has 4 nitrogen and oxygen atoms in total. The summed E-state index contributed by atoms with van der Waals surface area (Å²) in [6.07, 6.45) is 2.01. The lowest BCUT2D eigenvalue weighted by molar-refractivity contribution is 0.102. The fourth-order valence-electron chi connectivity index (χ4n) is 2.52. The van der Waals surface area contributed by atoms with E-state index in [1.807, 2.05) is 41.8 Å². The van der Waals surface area contributed by atoms with Gasteiger partial charge in [0.25, 0.3) is 5.56 Å². The molecule has 2 aromatic heterocycles. The predicted molar refractivity (Wildman–Crippen MR) is 93.6 cm³/mol. The molecule has 0 atom stereocenters. The van der Waals surface area contributed by atoms with Crippen LogP contribution >= 0.6 is 23.1 Å². The number of para-hydroxylation sites is 1. The van der Waals surface area contributed by atoms with E-state index >= 15 is 0 Å². The molecule has 0 saturated heterocycles. The number of hydrogen-bond acceptors (Lipinski definition) is 5. The third-order valence-electron chi connectivity index (χ3n) is 3.82. The number of nitrogens with zero attached hydrogens (tertiary/aromatic N) is 2. The summed E-state index contributed by atoms with van der Waals surface area (Å²) in [5.41, 5.74) is 0.699. The van der Waals surface area contributed by atoms with E-state index in [2.05, 4.69) is 4.98 Å². The summed E-state index contributed by atoms with van der Waals surface area (Å²) in [4.78, 5) is 30.3. The lowest BCUT2D eigenvalue weighted by Crippen LogP contribution is -2.22. The first-order valence-electron chi connectivity index (χ1n) is 7.45. The molecule has 1 fully saturated rings. The van der Waals surface area contributed by atoms with Crippen molar-refractivity contribution in [2.75, 3.05) is 5.75 Å². The molecule has 0 spiro atoms. The van der Waals surface area contributed by atoms with Gasteiger partial charge in [-0.05, 0) is 36.4 Å². The van der Waals surface area contributed by atoms with Gasteiger partial charge in [-0.3, -0.25) is 14.2 Å². The van der Waals surface area contributed by atoms with Crippen molar-refractivity contribution in [1.82, 2.24) is 9.55 Å². The average molecular weight is 342 g/mol. The van der Waals surface area contributed by atoms with E-state index in [1.165, 1.54) is 23.1 Å². The van der Waals surface area contributed by atoms with Crippen LogP contribution in [0.25, 0.3) is 10.9 Å². The van der Waals surface area contributed by atoms with E-state index in [-0.39, 0.29) is 17.4 Å². The Bertz CT molecular complexity index is 927. The third-order valence-corrected chi connectivity index (χ3v) is 5.68. The van der Waals surface area contributed by atoms with Gasteiger partial charge < -0.3 is 0 Å². The summed E-state index contributed by atoms with van der Waals surface area (Å²) >= 11 is 2.80. The van der Waals surface area contributed by atoms with Gasteiger partial charge in [-0.1, -0.05) is 30.0 Å². The van der Waals surface area contributed by atoms with Crippen LogP contribution in [0.1, 0.15) is 28.6 Å². The highest BCUT2D eigenvalue weighted by atomic mass is 32.2. The quantitative estimate of drug-likeness (QED) is 0.402. The summed E-state index contributed by atoms with van der Waals surface area (Å²) in [6.45, 7) is 0. The molecule has 1 aromatic carbocycles. The number of ketones is 1. The number of Topliss-reactive ketones (excluding diaryl/α,β-unsaturated/α-hetero) is 1. The van der Waals surface area contributed by atoms with Gasteiger partial charge in [0.1, 0.15) is 0 Å². The average Bonchev–Trinajstić information content (AvgIpc) is 3.24. The van der Waals surface area contributed by atoms with Crippen LogP contribution in [0.2, 0.25) is 0 Å². The molecule has 1 aliphatic carbocycles. The van der Waals surface area contributed by atoms with Crippen molar-refractivity contribution in [1.29, 1.82) is 0 Å². The Labute approximate surface area is 141 Å². The molecule has 0 unspecified atom stereocenters. The van der Waals surface area contributed by atoms with Gasteiger partial charge in [-0.25, -0.2) is 4.98 Å². The van der Waals surface area contributed by atoms with Crippen molar-refractivity contribution >= 4 is 39.8 Å². The summed E-state index contributed by atoms with van der Waals surface area (Å²) < 4.78 is 1.77. The summed E-state index contributed by atoms with van der Waals surface area (Å²) in [5, 5.41) is 3.20. The Morgan fingerprint density at radius 2 is 2.09 bits per heavy atom. The highest BCUT2D eigenvalue weighted by Crippen LogP contribution is 2.37. The zero-order valence-electron chi connectivity index (χ0n) is 12.3. The van der Waals surface area contributed by atoms with Crippen LogP contribution in [0.5, 0.6) is 0 Å². The van der Waals surface area contributed by atoms with E-state index in [1.54, 1.807) is 4.57 Å². The monoisotopic (exact) mass is 342 g/mol. The maximum Gasteiger partial charge on any atom is 0.262 e. The predicted octanol–water partition coefficient (Wildman–Crippen LogP) is 3.77. The molecule has 0 aliphatic heterocycles. The van der Waals surface area contributed by atoms with Gasteiger partial charge in [0, 0.05) is 6.04 Å². The Morgan fingerprint density at radius 3 is 2.83 bits per heavy atom. The van der Waals surface area contributed by atoms with Crippen molar-refractivity contribution in [3.05, 3.63) is 57.0 Å². The molecule has 3 aromatic rings. The first-order valence-corrected chi connectivity index (χ1v) is 9.31. The molecular formula is C17H14N2O2S2. The minimum absolute atomic E-state index is 0.00386. The standard InChI is InChI=1S/C17H14N2O2S2/c20-14(15-6-3-9-22-15)10-23-17-18-13-5-2-1-4-12(13)16(21)19(17)11-7-8-11/h1-6,9,11H,7-8,10H2. The molecule has 6 heteroatoms. The van der Waals surface area contributed by atoms with Gasteiger partial charge in [0.15, 0.2) is 10.9 Å². The summed E-state index contributed by atoms with van der Waals surface area (Å²) in [6, 6.07) is 11.3. The molecule has 0 N–H and O–H groups in total. The molecule has 1 aliphatic rings. The molecule has 0 bridgehead atoms. The fourth-order valence-corrected chi connectivity index (χ4v) is 4.23. The Hall–Kier alpha value is -1.92. The van der Waals surface area contributed by atoms with Crippen molar-refractivity contribution in [3.63, 3.8) is 0 Å². The minimum Gasteiger partial charge on any atom is -0.292 e. The maximum atomic E-state index is 12.7. The first-order chi connectivity index (χ1) is 11.2. The Morgan fingerprint density at radius 1 is 1.26 bits per heavy atom. The normalized spacial score (nSPS) is 14.3. The van der Waals surface area contributed by atoms with Crippen LogP contribution < -0.4 is 5.56 Å². The third kappa shape index (κ3) is 2.84. The van der Waals surface area contributed by atoms with Crippen LogP contribution in [0.3, 0.4) is 0 Å². The number of rotatable bonds is 5. The SMILES string of the molecule is O=C(CSc1nc2ccccc2c(=O)n1C1CC1)c1cccs1.